The van der Waals surface area contributed by atoms with Gasteiger partial charge >= 0.3 is 5.97 Å². The second kappa shape index (κ2) is 4.84. The van der Waals surface area contributed by atoms with E-state index < -0.39 is 21.4 Å². The molecule has 0 aliphatic carbocycles. The smallest absolute Gasteiger partial charge is 0.310 e. The molecular formula is C11H13BrN2O4S. The molecule has 0 aromatic carbocycles. The number of hydrogen-bond acceptors (Lipinski definition) is 4. The molecular weight excluding hydrogens is 336 g/mol. The third kappa shape index (κ3) is 2.65. The first kappa shape index (κ1) is 14.4. The lowest BCUT2D eigenvalue weighted by Crippen LogP contribution is -2.35. The first-order valence-corrected chi connectivity index (χ1v) is 7.84. The summed E-state index contributed by atoms with van der Waals surface area (Å²) in [6, 6.07) is 2.99. The van der Waals surface area contributed by atoms with E-state index in [1.54, 1.807) is 13.0 Å². The summed E-state index contributed by atoms with van der Waals surface area (Å²) in [4.78, 5) is 15.0. The van der Waals surface area contributed by atoms with Crippen LogP contribution >= 0.6 is 15.9 Å². The van der Waals surface area contributed by atoms with Crippen LogP contribution < -0.4 is 0 Å². The Balaban J connectivity index is 2.28. The van der Waals surface area contributed by atoms with Crippen LogP contribution in [0.4, 0.5) is 0 Å². The molecule has 1 unspecified atom stereocenters. The molecule has 2 heterocycles. The SMILES string of the molecule is CC1(C(=O)O)CCN(S(=O)(=O)c2ccc(Br)cn2)C1. The summed E-state index contributed by atoms with van der Waals surface area (Å²) in [6.07, 6.45) is 1.71. The van der Waals surface area contributed by atoms with Gasteiger partial charge in [0.25, 0.3) is 10.0 Å². The van der Waals surface area contributed by atoms with E-state index in [4.69, 9.17) is 5.11 Å². The highest BCUT2D eigenvalue weighted by atomic mass is 79.9. The Bertz CT molecular complexity index is 602. The summed E-state index contributed by atoms with van der Waals surface area (Å²) in [6.45, 7) is 1.73. The highest BCUT2D eigenvalue weighted by Crippen LogP contribution is 2.33. The number of carbonyl (C=O) groups is 1. The molecule has 1 N–H and O–H groups in total. The molecule has 1 aliphatic heterocycles. The van der Waals surface area contributed by atoms with Gasteiger partial charge in [0, 0.05) is 23.8 Å². The lowest BCUT2D eigenvalue weighted by atomic mass is 9.90. The van der Waals surface area contributed by atoms with Crippen LogP contribution in [0.15, 0.2) is 27.8 Å². The second-order valence-electron chi connectivity index (χ2n) is 4.77. The number of rotatable bonds is 3. The van der Waals surface area contributed by atoms with Gasteiger partial charge in [0.2, 0.25) is 0 Å². The van der Waals surface area contributed by atoms with Gasteiger partial charge in [-0.1, -0.05) is 0 Å². The van der Waals surface area contributed by atoms with E-state index in [0.717, 1.165) is 0 Å². The number of pyridine rings is 1. The van der Waals surface area contributed by atoms with Gasteiger partial charge < -0.3 is 5.11 Å². The Labute approximate surface area is 119 Å². The van der Waals surface area contributed by atoms with Crippen molar-refractivity contribution in [2.75, 3.05) is 13.1 Å². The Morgan fingerprint density at radius 2 is 2.21 bits per heavy atom. The van der Waals surface area contributed by atoms with Crippen molar-refractivity contribution in [2.45, 2.75) is 18.4 Å². The van der Waals surface area contributed by atoms with E-state index in [1.165, 1.54) is 16.6 Å². The zero-order chi connectivity index (χ0) is 14.3. The molecule has 1 atom stereocenters. The molecule has 19 heavy (non-hydrogen) atoms. The third-order valence-corrected chi connectivity index (χ3v) is 5.49. The Hall–Kier alpha value is -0.990. The molecule has 1 aromatic rings. The summed E-state index contributed by atoms with van der Waals surface area (Å²) in [5.41, 5.74) is -1.03. The van der Waals surface area contributed by atoms with Crippen LogP contribution in [0.1, 0.15) is 13.3 Å². The zero-order valence-corrected chi connectivity index (χ0v) is 12.6. The van der Waals surface area contributed by atoms with Crippen LogP contribution in [0, 0.1) is 5.41 Å². The van der Waals surface area contributed by atoms with Gasteiger partial charge in [-0.2, -0.15) is 4.31 Å². The minimum absolute atomic E-state index is 0.0254. The number of carboxylic acids is 1. The normalized spacial score (nSPS) is 24.5. The van der Waals surface area contributed by atoms with Crippen LogP contribution in [0.25, 0.3) is 0 Å². The van der Waals surface area contributed by atoms with Crippen molar-refractivity contribution in [3.05, 3.63) is 22.8 Å². The van der Waals surface area contributed by atoms with E-state index in [-0.39, 0.29) is 18.1 Å². The molecule has 1 fully saturated rings. The molecule has 0 amide bonds. The molecule has 8 heteroatoms. The Kier molecular flexibility index (Phi) is 3.67. The summed E-state index contributed by atoms with van der Waals surface area (Å²) >= 11 is 3.18. The molecule has 6 nitrogen and oxygen atoms in total. The Morgan fingerprint density at radius 1 is 1.53 bits per heavy atom. The van der Waals surface area contributed by atoms with Crippen LogP contribution in [0.2, 0.25) is 0 Å². The first-order valence-electron chi connectivity index (χ1n) is 5.61. The molecule has 2 rings (SSSR count). The van der Waals surface area contributed by atoms with E-state index >= 15 is 0 Å². The number of halogens is 1. The molecule has 104 valence electrons. The van der Waals surface area contributed by atoms with Gasteiger partial charge in [0.1, 0.15) is 0 Å². The van der Waals surface area contributed by atoms with E-state index in [0.29, 0.717) is 10.9 Å². The monoisotopic (exact) mass is 348 g/mol. The number of sulfonamides is 1. The molecule has 0 spiro atoms. The highest BCUT2D eigenvalue weighted by molar-refractivity contribution is 9.10. The number of hydrogen-bond donors (Lipinski definition) is 1. The van der Waals surface area contributed by atoms with Crippen molar-refractivity contribution in [3.8, 4) is 0 Å². The maximum Gasteiger partial charge on any atom is 0.310 e. The number of aromatic nitrogens is 1. The summed E-state index contributed by atoms with van der Waals surface area (Å²) in [7, 11) is -3.72. The van der Waals surface area contributed by atoms with Crippen LogP contribution in [-0.2, 0) is 14.8 Å². The van der Waals surface area contributed by atoms with Crippen molar-refractivity contribution in [1.82, 2.24) is 9.29 Å². The summed E-state index contributed by atoms with van der Waals surface area (Å²) in [5, 5.41) is 9.06. The van der Waals surface area contributed by atoms with Gasteiger partial charge in [0.05, 0.1) is 5.41 Å². The van der Waals surface area contributed by atoms with Crippen LogP contribution in [0.5, 0.6) is 0 Å². The van der Waals surface area contributed by atoms with Gasteiger partial charge in [-0.25, -0.2) is 13.4 Å². The maximum absolute atomic E-state index is 12.3. The number of carboxylic acid groups (broad SMARTS) is 1. The zero-order valence-electron chi connectivity index (χ0n) is 10.2. The van der Waals surface area contributed by atoms with E-state index in [9.17, 15) is 13.2 Å². The maximum atomic E-state index is 12.3. The fourth-order valence-corrected chi connectivity index (χ4v) is 3.66. The Morgan fingerprint density at radius 3 is 2.68 bits per heavy atom. The standard InChI is InChI=1S/C11H13BrN2O4S/c1-11(10(15)16)4-5-14(7-11)19(17,18)9-3-2-8(12)6-13-9/h2-3,6H,4-5,7H2,1H3,(H,15,16). The van der Waals surface area contributed by atoms with E-state index in [2.05, 4.69) is 20.9 Å². The van der Waals surface area contributed by atoms with Gasteiger partial charge in [0.15, 0.2) is 5.03 Å². The van der Waals surface area contributed by atoms with Crippen molar-refractivity contribution in [2.24, 2.45) is 5.41 Å². The van der Waals surface area contributed by atoms with Crippen LogP contribution in [-0.4, -0.2) is 41.9 Å². The third-order valence-electron chi connectivity index (χ3n) is 3.26. The fraction of sp³-hybridized carbons (Fsp3) is 0.455. The molecule has 1 saturated heterocycles. The quantitative estimate of drug-likeness (QED) is 0.890. The predicted octanol–water partition coefficient (Wildman–Crippen LogP) is 1.33. The van der Waals surface area contributed by atoms with Gasteiger partial charge in [-0.05, 0) is 41.4 Å². The number of nitrogens with zero attached hydrogens (tertiary/aromatic N) is 2. The first-order chi connectivity index (χ1) is 8.75. The summed E-state index contributed by atoms with van der Waals surface area (Å²) in [5.74, 6) is -0.978. The summed E-state index contributed by atoms with van der Waals surface area (Å²) < 4.78 is 26.5. The molecule has 1 aromatic heterocycles. The number of aliphatic carboxylic acids is 1. The fourth-order valence-electron chi connectivity index (χ4n) is 1.95. The minimum Gasteiger partial charge on any atom is -0.481 e. The topological polar surface area (TPSA) is 87.6 Å². The highest BCUT2D eigenvalue weighted by Gasteiger charge is 2.45. The van der Waals surface area contributed by atoms with E-state index in [1.807, 2.05) is 0 Å². The minimum atomic E-state index is -3.72. The molecule has 0 radical (unpaired) electrons. The largest absolute Gasteiger partial charge is 0.481 e. The molecule has 0 saturated carbocycles. The average molecular weight is 349 g/mol. The van der Waals surface area contributed by atoms with Crippen LogP contribution in [0.3, 0.4) is 0 Å². The van der Waals surface area contributed by atoms with Crippen molar-refractivity contribution in [1.29, 1.82) is 0 Å². The lowest BCUT2D eigenvalue weighted by Gasteiger charge is -2.19. The second-order valence-corrected chi connectivity index (χ2v) is 7.57. The van der Waals surface area contributed by atoms with Crippen molar-refractivity contribution >= 4 is 31.9 Å². The lowest BCUT2D eigenvalue weighted by molar-refractivity contribution is -0.146. The van der Waals surface area contributed by atoms with Crippen molar-refractivity contribution < 1.29 is 18.3 Å². The van der Waals surface area contributed by atoms with Crippen molar-refractivity contribution in [3.63, 3.8) is 0 Å². The molecule has 1 aliphatic rings. The predicted molar refractivity (Wildman–Crippen MR) is 71.1 cm³/mol. The molecule has 0 bridgehead atoms. The van der Waals surface area contributed by atoms with Gasteiger partial charge in [-0.3, -0.25) is 4.79 Å². The van der Waals surface area contributed by atoms with Gasteiger partial charge in [-0.15, -0.1) is 0 Å². The average Bonchev–Trinajstić information content (AvgIpc) is 2.75.